The van der Waals surface area contributed by atoms with E-state index in [0.717, 1.165) is 5.92 Å². The zero-order chi connectivity index (χ0) is 5.82. The third-order valence-corrected chi connectivity index (χ3v) is 2.30. The molecule has 0 aromatic heterocycles. The van der Waals surface area contributed by atoms with E-state index in [9.17, 15) is 0 Å². The van der Waals surface area contributed by atoms with Gasteiger partial charge in [0, 0.05) is 1.43 Å². The van der Waals surface area contributed by atoms with E-state index in [1.807, 2.05) is 0 Å². The average molecular weight is 130 g/mol. The number of hydrogen-bond acceptors (Lipinski definition) is 0. The van der Waals surface area contributed by atoms with Crippen LogP contribution >= 0.6 is 0 Å². The Morgan fingerprint density at radius 3 is 2.11 bits per heavy atom. The minimum Gasteiger partial charge on any atom is -0.0776 e. The van der Waals surface area contributed by atoms with E-state index in [0.29, 0.717) is 0 Å². The molecule has 0 unspecified atom stereocenters. The van der Waals surface area contributed by atoms with Gasteiger partial charge in [-0.3, -0.25) is 0 Å². The summed E-state index contributed by atoms with van der Waals surface area (Å²) in [6.45, 7) is 2.32. The van der Waals surface area contributed by atoms with E-state index in [1.54, 1.807) is 0 Å². The molecule has 1 saturated carbocycles. The fraction of sp³-hybridized carbons (Fsp3) is 1.00. The number of rotatable bonds is 1. The Morgan fingerprint density at radius 2 is 1.78 bits per heavy atom. The molecule has 0 amide bonds. The second-order valence-corrected chi connectivity index (χ2v) is 2.91. The predicted molar refractivity (Wildman–Crippen MR) is 45.7 cm³/mol. The van der Waals surface area contributed by atoms with Crippen molar-refractivity contribution >= 4 is 0 Å². The quantitative estimate of drug-likeness (QED) is 0.505. The fourth-order valence-corrected chi connectivity index (χ4v) is 1.60. The van der Waals surface area contributed by atoms with Gasteiger partial charge in [-0.2, -0.15) is 0 Å². The third-order valence-electron chi connectivity index (χ3n) is 2.30. The molecule has 0 aromatic rings. The van der Waals surface area contributed by atoms with Crippen molar-refractivity contribution in [2.45, 2.75) is 52.9 Å². The molecule has 58 valence electrons. The summed E-state index contributed by atoms with van der Waals surface area (Å²) in [5, 5.41) is 0. The highest BCUT2D eigenvalue weighted by Gasteiger charge is 2.09. The first-order valence-electron chi connectivity index (χ1n) is 3.93. The van der Waals surface area contributed by atoms with E-state index in [-0.39, 0.29) is 8.85 Å². The van der Waals surface area contributed by atoms with Gasteiger partial charge in [-0.25, -0.2) is 0 Å². The van der Waals surface area contributed by atoms with Crippen LogP contribution in [-0.2, 0) is 0 Å². The molecule has 0 radical (unpaired) electrons. The second kappa shape index (κ2) is 4.84. The lowest BCUT2D eigenvalue weighted by molar-refractivity contribution is 0.349. The van der Waals surface area contributed by atoms with Gasteiger partial charge in [-0.15, -0.1) is 0 Å². The van der Waals surface area contributed by atoms with Crippen LogP contribution in [0.3, 0.4) is 0 Å². The summed E-state index contributed by atoms with van der Waals surface area (Å²) in [5.74, 6) is 1.09. The van der Waals surface area contributed by atoms with Crippen LogP contribution in [0.2, 0.25) is 0 Å². The van der Waals surface area contributed by atoms with Crippen molar-refractivity contribution < 1.29 is 1.43 Å². The first-order valence-corrected chi connectivity index (χ1v) is 3.93. The van der Waals surface area contributed by atoms with E-state index < -0.39 is 0 Å². The van der Waals surface area contributed by atoms with E-state index in [1.165, 1.54) is 38.5 Å². The Morgan fingerprint density at radius 1 is 1.22 bits per heavy atom. The monoisotopic (exact) mass is 130 g/mol. The van der Waals surface area contributed by atoms with Gasteiger partial charge in [0.2, 0.25) is 0 Å². The van der Waals surface area contributed by atoms with Crippen molar-refractivity contribution in [3.05, 3.63) is 0 Å². The van der Waals surface area contributed by atoms with Crippen molar-refractivity contribution in [3.8, 4) is 0 Å². The van der Waals surface area contributed by atoms with Crippen LogP contribution in [0.5, 0.6) is 0 Å². The van der Waals surface area contributed by atoms with Crippen molar-refractivity contribution in [2.24, 2.45) is 5.92 Å². The Balaban J connectivity index is 0. The lowest BCUT2D eigenvalue weighted by Gasteiger charge is -2.18. The Hall–Kier alpha value is 0. The highest BCUT2D eigenvalue weighted by Crippen LogP contribution is 2.25. The Labute approximate surface area is 61.1 Å². The maximum absolute atomic E-state index is 2.32. The summed E-state index contributed by atoms with van der Waals surface area (Å²) >= 11 is 0. The van der Waals surface area contributed by atoms with Gasteiger partial charge in [0.25, 0.3) is 0 Å². The fourth-order valence-electron chi connectivity index (χ4n) is 1.60. The van der Waals surface area contributed by atoms with Crippen LogP contribution < -0.4 is 0 Å². The van der Waals surface area contributed by atoms with Crippen LogP contribution in [0, 0.1) is 5.92 Å². The first kappa shape index (κ1) is 9.00. The van der Waals surface area contributed by atoms with Crippen LogP contribution in [0.1, 0.15) is 54.3 Å². The van der Waals surface area contributed by atoms with Crippen LogP contribution in [0.4, 0.5) is 0 Å². The molecule has 1 aliphatic rings. The molecular formula is C9H22. The van der Waals surface area contributed by atoms with Crippen molar-refractivity contribution in [1.82, 2.24) is 0 Å². The molecule has 9 heavy (non-hydrogen) atoms. The SMILES string of the molecule is C.CCC1CCCCC1.[HH]. The third kappa shape index (κ3) is 2.88. The molecule has 0 aliphatic heterocycles. The highest BCUT2D eigenvalue weighted by atomic mass is 14.2. The topological polar surface area (TPSA) is 0 Å². The lowest BCUT2D eigenvalue weighted by atomic mass is 9.88. The van der Waals surface area contributed by atoms with Gasteiger partial charge < -0.3 is 0 Å². The van der Waals surface area contributed by atoms with Gasteiger partial charge in [-0.05, 0) is 5.92 Å². The highest BCUT2D eigenvalue weighted by molar-refractivity contribution is 4.63. The number of hydrogen-bond donors (Lipinski definition) is 0. The molecule has 0 bridgehead atoms. The predicted octanol–water partition coefficient (Wildman–Crippen LogP) is 3.86. The maximum atomic E-state index is 2.32. The van der Waals surface area contributed by atoms with Crippen molar-refractivity contribution in [1.29, 1.82) is 0 Å². The summed E-state index contributed by atoms with van der Waals surface area (Å²) in [7, 11) is 0. The Kier molecular flexibility index (Phi) is 4.84. The molecule has 1 aliphatic carbocycles. The summed E-state index contributed by atoms with van der Waals surface area (Å²) in [5.41, 5.74) is 0. The maximum Gasteiger partial charge on any atom is 0 e. The van der Waals surface area contributed by atoms with Crippen LogP contribution in [0.25, 0.3) is 0 Å². The Bertz CT molecular complexity index is 55.7. The molecule has 0 atom stereocenters. The van der Waals surface area contributed by atoms with Crippen molar-refractivity contribution in [2.75, 3.05) is 0 Å². The largest absolute Gasteiger partial charge is 0.0776 e. The molecule has 0 heteroatoms. The molecule has 0 heterocycles. The van der Waals surface area contributed by atoms with Gasteiger partial charge in [-0.1, -0.05) is 52.9 Å². The minimum absolute atomic E-state index is 0. The van der Waals surface area contributed by atoms with E-state index in [4.69, 9.17) is 0 Å². The second-order valence-electron chi connectivity index (χ2n) is 2.91. The minimum atomic E-state index is 0. The molecule has 1 rings (SSSR count). The van der Waals surface area contributed by atoms with Crippen LogP contribution in [-0.4, -0.2) is 0 Å². The van der Waals surface area contributed by atoms with Gasteiger partial charge in [0.05, 0.1) is 0 Å². The van der Waals surface area contributed by atoms with E-state index in [2.05, 4.69) is 6.92 Å². The van der Waals surface area contributed by atoms with Crippen LogP contribution in [0.15, 0.2) is 0 Å². The zero-order valence-corrected chi connectivity index (χ0v) is 5.82. The van der Waals surface area contributed by atoms with Gasteiger partial charge >= 0.3 is 0 Å². The molecule has 0 spiro atoms. The van der Waals surface area contributed by atoms with Gasteiger partial charge in [0.1, 0.15) is 0 Å². The molecule has 0 nitrogen and oxygen atoms in total. The van der Waals surface area contributed by atoms with Gasteiger partial charge in [0.15, 0.2) is 0 Å². The standard InChI is InChI=1S/C8H16.CH4.H2/c1-2-8-6-4-3-5-7-8;;/h8H,2-7H2,1H3;1H4;1H. The summed E-state index contributed by atoms with van der Waals surface area (Å²) in [6.07, 6.45) is 8.93. The summed E-state index contributed by atoms with van der Waals surface area (Å²) < 4.78 is 0. The average Bonchev–Trinajstić information content (AvgIpc) is 1.90. The summed E-state index contributed by atoms with van der Waals surface area (Å²) in [6, 6.07) is 0. The molecule has 1 fully saturated rings. The molecule has 0 N–H and O–H groups in total. The van der Waals surface area contributed by atoms with E-state index >= 15 is 0 Å². The zero-order valence-electron chi connectivity index (χ0n) is 5.82. The normalized spacial score (nSPS) is 21.0. The lowest BCUT2D eigenvalue weighted by Crippen LogP contribution is -2.03. The van der Waals surface area contributed by atoms with Crippen molar-refractivity contribution in [3.63, 3.8) is 0 Å². The molecule has 0 aromatic carbocycles. The molecular weight excluding hydrogens is 108 g/mol. The summed E-state index contributed by atoms with van der Waals surface area (Å²) in [4.78, 5) is 0. The first-order chi connectivity index (χ1) is 3.93. The molecule has 0 saturated heterocycles. The smallest absolute Gasteiger partial charge is 0 e.